The van der Waals surface area contributed by atoms with Crippen molar-refractivity contribution < 1.29 is 17.9 Å². The quantitative estimate of drug-likeness (QED) is 0.653. The minimum atomic E-state index is -3.71. The molecule has 2 N–H and O–H groups in total. The summed E-state index contributed by atoms with van der Waals surface area (Å²) >= 11 is 0. The maximum atomic E-state index is 12.9. The Hall–Kier alpha value is -2.51. The molecule has 3 aromatic rings. The van der Waals surface area contributed by atoms with Gasteiger partial charge in [0.15, 0.2) is 0 Å². The predicted octanol–water partition coefficient (Wildman–Crippen LogP) is 3.20. The van der Waals surface area contributed by atoms with Crippen LogP contribution in [0.4, 0.5) is 0 Å². The number of rotatable bonds is 7. The lowest BCUT2D eigenvalue weighted by Crippen LogP contribution is -2.32. The van der Waals surface area contributed by atoms with Gasteiger partial charge in [0.2, 0.25) is 10.0 Å². The zero-order valence-corrected chi connectivity index (χ0v) is 16.1. The minimum Gasteiger partial charge on any atom is -0.497 e. The van der Waals surface area contributed by atoms with Crippen LogP contribution in [0.1, 0.15) is 18.4 Å². The van der Waals surface area contributed by atoms with E-state index in [4.69, 9.17) is 9.47 Å². The van der Waals surface area contributed by atoms with Gasteiger partial charge in [-0.1, -0.05) is 18.2 Å². The first kappa shape index (κ1) is 17.9. The molecule has 1 fully saturated rings. The molecule has 0 aliphatic heterocycles. The summed E-state index contributed by atoms with van der Waals surface area (Å²) in [6.07, 6.45) is 3.91. The van der Waals surface area contributed by atoms with Crippen molar-refractivity contribution in [1.29, 1.82) is 0 Å². The molecule has 7 heteroatoms. The SMILES string of the molecule is COc1ccc(S(=O)(=O)NCC2(c3c[nH]c4ccccc34)CC2)c(OC)c1. The first-order chi connectivity index (χ1) is 13.0. The number of nitrogens with one attached hydrogen (secondary N) is 2. The molecule has 0 unspecified atom stereocenters. The van der Waals surface area contributed by atoms with E-state index in [2.05, 4.69) is 15.8 Å². The van der Waals surface area contributed by atoms with Crippen molar-refractivity contribution >= 4 is 20.9 Å². The zero-order valence-electron chi connectivity index (χ0n) is 15.3. The number of fused-ring (bicyclic) bond motifs is 1. The van der Waals surface area contributed by atoms with Gasteiger partial charge < -0.3 is 14.5 Å². The maximum Gasteiger partial charge on any atom is 0.244 e. The van der Waals surface area contributed by atoms with Gasteiger partial charge in [0.25, 0.3) is 0 Å². The summed E-state index contributed by atoms with van der Waals surface area (Å²) in [6.45, 7) is 0.354. The Morgan fingerprint density at radius 3 is 2.59 bits per heavy atom. The van der Waals surface area contributed by atoms with Gasteiger partial charge in [-0.15, -0.1) is 0 Å². The Bertz CT molecular complexity index is 1080. The van der Waals surface area contributed by atoms with Gasteiger partial charge in [-0.2, -0.15) is 0 Å². The van der Waals surface area contributed by atoms with E-state index in [0.717, 1.165) is 23.7 Å². The van der Waals surface area contributed by atoms with Crippen molar-refractivity contribution in [2.75, 3.05) is 20.8 Å². The fourth-order valence-electron chi connectivity index (χ4n) is 3.51. The Morgan fingerprint density at radius 1 is 1.11 bits per heavy atom. The van der Waals surface area contributed by atoms with E-state index < -0.39 is 10.0 Å². The minimum absolute atomic E-state index is 0.112. The number of aromatic nitrogens is 1. The average molecular weight is 386 g/mol. The van der Waals surface area contributed by atoms with Crippen molar-refractivity contribution in [3.8, 4) is 11.5 Å². The van der Waals surface area contributed by atoms with Gasteiger partial charge in [0, 0.05) is 35.1 Å². The highest BCUT2D eigenvalue weighted by Crippen LogP contribution is 2.50. The molecule has 1 aromatic heterocycles. The molecule has 1 heterocycles. The average Bonchev–Trinajstić information content (AvgIpc) is 3.36. The van der Waals surface area contributed by atoms with Crippen molar-refractivity contribution in [1.82, 2.24) is 9.71 Å². The summed E-state index contributed by atoms with van der Waals surface area (Å²) in [7, 11) is -0.733. The molecule has 27 heavy (non-hydrogen) atoms. The molecule has 4 rings (SSSR count). The second-order valence-electron chi connectivity index (χ2n) is 6.87. The fraction of sp³-hybridized carbons (Fsp3) is 0.300. The maximum absolute atomic E-state index is 12.9. The molecule has 0 spiro atoms. The highest BCUT2D eigenvalue weighted by Gasteiger charge is 2.46. The van der Waals surface area contributed by atoms with Crippen molar-refractivity contribution in [2.24, 2.45) is 0 Å². The third-order valence-electron chi connectivity index (χ3n) is 5.28. The van der Waals surface area contributed by atoms with E-state index in [0.29, 0.717) is 12.3 Å². The molecule has 0 bridgehead atoms. The first-order valence-electron chi connectivity index (χ1n) is 8.77. The fourth-order valence-corrected chi connectivity index (χ4v) is 4.79. The first-order valence-corrected chi connectivity index (χ1v) is 10.3. The number of hydrogen-bond acceptors (Lipinski definition) is 4. The lowest BCUT2D eigenvalue weighted by molar-refractivity contribution is 0.386. The van der Waals surface area contributed by atoms with Crippen molar-refractivity contribution in [3.05, 3.63) is 54.2 Å². The zero-order chi connectivity index (χ0) is 19.1. The second-order valence-corrected chi connectivity index (χ2v) is 8.60. The highest BCUT2D eigenvalue weighted by atomic mass is 32.2. The standard InChI is InChI=1S/C20H22N2O4S/c1-25-14-7-8-19(18(11-14)26-2)27(23,24)22-13-20(9-10-20)16-12-21-17-6-4-3-5-15(16)17/h3-8,11-12,21-22H,9-10,13H2,1-2H3. The number of sulfonamides is 1. The number of hydrogen-bond donors (Lipinski definition) is 2. The molecule has 1 aliphatic carbocycles. The number of para-hydroxylation sites is 1. The van der Waals surface area contributed by atoms with Crippen LogP contribution in [0.25, 0.3) is 10.9 Å². The monoisotopic (exact) mass is 386 g/mol. The van der Waals surface area contributed by atoms with E-state index >= 15 is 0 Å². The summed E-state index contributed by atoms with van der Waals surface area (Å²) in [6, 6.07) is 12.8. The van der Waals surface area contributed by atoms with Gasteiger partial charge in [-0.25, -0.2) is 13.1 Å². The van der Waals surface area contributed by atoms with Gasteiger partial charge in [-0.3, -0.25) is 0 Å². The molecule has 1 saturated carbocycles. The van der Waals surface area contributed by atoms with Crippen LogP contribution in [0.15, 0.2) is 53.6 Å². The molecular weight excluding hydrogens is 364 g/mol. The van der Waals surface area contributed by atoms with Gasteiger partial charge in [0.05, 0.1) is 14.2 Å². The Labute approximate surface area is 158 Å². The number of methoxy groups -OCH3 is 2. The van der Waals surface area contributed by atoms with Crippen LogP contribution in [-0.4, -0.2) is 34.2 Å². The van der Waals surface area contributed by atoms with E-state index in [-0.39, 0.29) is 16.1 Å². The predicted molar refractivity (Wildman–Crippen MR) is 104 cm³/mol. The Balaban J connectivity index is 1.59. The van der Waals surface area contributed by atoms with E-state index in [9.17, 15) is 8.42 Å². The number of aromatic amines is 1. The van der Waals surface area contributed by atoms with Crippen LogP contribution in [-0.2, 0) is 15.4 Å². The van der Waals surface area contributed by atoms with E-state index in [1.807, 2.05) is 24.4 Å². The normalized spacial score (nSPS) is 15.6. The molecule has 0 saturated heterocycles. The molecule has 142 valence electrons. The molecule has 0 atom stereocenters. The summed E-state index contributed by atoms with van der Waals surface area (Å²) < 4.78 is 38.9. The van der Waals surface area contributed by atoms with Crippen LogP contribution in [0.3, 0.4) is 0 Å². The second kappa shape index (κ2) is 6.58. The molecule has 1 aliphatic rings. The Morgan fingerprint density at radius 2 is 1.89 bits per heavy atom. The molecule has 6 nitrogen and oxygen atoms in total. The molecule has 0 amide bonds. The van der Waals surface area contributed by atoms with E-state index in [1.54, 1.807) is 12.1 Å². The number of H-pyrrole nitrogens is 1. The summed E-state index contributed by atoms with van der Waals surface area (Å²) in [5.41, 5.74) is 2.08. The van der Waals surface area contributed by atoms with Crippen LogP contribution in [0.5, 0.6) is 11.5 Å². The Kier molecular flexibility index (Phi) is 4.36. The van der Waals surface area contributed by atoms with E-state index in [1.165, 1.54) is 25.8 Å². The van der Waals surface area contributed by atoms with Gasteiger partial charge in [-0.05, 0) is 36.6 Å². The summed E-state index contributed by atoms with van der Waals surface area (Å²) in [5.74, 6) is 0.807. The van der Waals surface area contributed by atoms with Gasteiger partial charge in [0.1, 0.15) is 16.4 Å². The third kappa shape index (κ3) is 3.17. The lowest BCUT2D eigenvalue weighted by Gasteiger charge is -2.17. The van der Waals surface area contributed by atoms with Gasteiger partial charge >= 0.3 is 0 Å². The smallest absolute Gasteiger partial charge is 0.244 e. The van der Waals surface area contributed by atoms with Crippen LogP contribution in [0, 0.1) is 0 Å². The van der Waals surface area contributed by atoms with Crippen LogP contribution in [0.2, 0.25) is 0 Å². The molecule has 2 aromatic carbocycles. The van der Waals surface area contributed by atoms with Crippen LogP contribution >= 0.6 is 0 Å². The highest BCUT2D eigenvalue weighted by molar-refractivity contribution is 7.89. The third-order valence-corrected chi connectivity index (χ3v) is 6.72. The largest absolute Gasteiger partial charge is 0.497 e. The number of benzene rings is 2. The van der Waals surface area contributed by atoms with Crippen LogP contribution < -0.4 is 14.2 Å². The molecular formula is C20H22N2O4S. The number of ether oxygens (including phenoxy) is 2. The molecule has 0 radical (unpaired) electrons. The topological polar surface area (TPSA) is 80.4 Å². The van der Waals surface area contributed by atoms with Crippen molar-refractivity contribution in [3.63, 3.8) is 0 Å². The summed E-state index contributed by atoms with van der Waals surface area (Å²) in [5, 5.41) is 1.15. The summed E-state index contributed by atoms with van der Waals surface area (Å²) in [4.78, 5) is 3.39. The lowest BCUT2D eigenvalue weighted by atomic mass is 9.96. The van der Waals surface area contributed by atoms with Crippen molar-refractivity contribution in [2.45, 2.75) is 23.2 Å².